The van der Waals surface area contributed by atoms with Gasteiger partial charge in [-0.15, -0.1) is 0 Å². The van der Waals surface area contributed by atoms with Crippen molar-refractivity contribution in [1.29, 1.82) is 0 Å². The third-order valence-electron chi connectivity index (χ3n) is 4.09. The lowest BCUT2D eigenvalue weighted by Crippen LogP contribution is -2.47. The van der Waals surface area contributed by atoms with Gasteiger partial charge in [0.1, 0.15) is 0 Å². The number of hydrogen-bond donors (Lipinski definition) is 1. The number of benzene rings is 1. The molecule has 0 unspecified atom stereocenters. The molecule has 0 saturated carbocycles. The van der Waals surface area contributed by atoms with Gasteiger partial charge < -0.3 is 10.1 Å². The molecule has 1 aliphatic heterocycles. The molecule has 1 atom stereocenters. The normalized spacial score (nSPS) is 18.8. The molecule has 6 heteroatoms. The van der Waals surface area contributed by atoms with E-state index < -0.39 is 0 Å². The maximum atomic E-state index is 11.8. The zero-order valence-corrected chi connectivity index (χ0v) is 15.9. The van der Waals surface area contributed by atoms with E-state index in [-0.39, 0.29) is 12.0 Å². The average molecular weight is 373 g/mol. The summed E-state index contributed by atoms with van der Waals surface area (Å²) in [4.78, 5) is 14.1. The largest absolute Gasteiger partial charge is 0.374 e. The van der Waals surface area contributed by atoms with Gasteiger partial charge in [0.25, 0.3) is 0 Å². The third kappa shape index (κ3) is 6.60. The summed E-state index contributed by atoms with van der Waals surface area (Å²) in [6.07, 6.45) is 1.53. The Morgan fingerprint density at radius 3 is 2.88 bits per heavy atom. The minimum atomic E-state index is 0.0320. The van der Waals surface area contributed by atoms with E-state index in [0.717, 1.165) is 31.6 Å². The van der Waals surface area contributed by atoms with Crippen LogP contribution in [0.25, 0.3) is 0 Å². The van der Waals surface area contributed by atoms with E-state index in [2.05, 4.69) is 24.1 Å². The summed E-state index contributed by atoms with van der Waals surface area (Å²) in [7, 11) is 0. The molecule has 1 fully saturated rings. The summed E-state index contributed by atoms with van der Waals surface area (Å²) < 4.78 is 5.76. The number of morpholine rings is 1. The zero-order chi connectivity index (χ0) is 17.5. The average Bonchev–Trinajstić information content (AvgIpc) is 2.55. The van der Waals surface area contributed by atoms with E-state index in [1.54, 1.807) is 0 Å². The molecule has 2 rings (SSSR count). The number of carbonyl (C=O) groups excluding carboxylic acids is 1. The summed E-state index contributed by atoms with van der Waals surface area (Å²) in [5.41, 5.74) is 1.13. The predicted octanol–water partition coefficient (Wildman–Crippen LogP) is 3.75. The molecule has 24 heavy (non-hydrogen) atoms. The van der Waals surface area contributed by atoms with Gasteiger partial charge >= 0.3 is 0 Å². The Morgan fingerprint density at radius 2 is 2.17 bits per heavy atom. The first kappa shape index (κ1) is 19.5. The monoisotopic (exact) mass is 372 g/mol. The highest BCUT2D eigenvalue weighted by molar-refractivity contribution is 6.42. The van der Waals surface area contributed by atoms with Gasteiger partial charge in [0.2, 0.25) is 5.91 Å². The van der Waals surface area contributed by atoms with Gasteiger partial charge in [-0.05, 0) is 30.0 Å². The number of nitrogens with zero attached hydrogens (tertiary/aromatic N) is 1. The van der Waals surface area contributed by atoms with Gasteiger partial charge in [-0.25, -0.2) is 0 Å². The second-order valence-corrected chi connectivity index (χ2v) is 7.53. The molecule has 1 amide bonds. The summed E-state index contributed by atoms with van der Waals surface area (Å²) in [6, 6.07) is 5.72. The molecule has 0 bridgehead atoms. The minimum absolute atomic E-state index is 0.0320. The lowest BCUT2D eigenvalue weighted by Gasteiger charge is -2.33. The molecule has 1 saturated heterocycles. The molecule has 1 N–H and O–H groups in total. The Kier molecular flexibility index (Phi) is 7.82. The van der Waals surface area contributed by atoms with E-state index >= 15 is 0 Å². The van der Waals surface area contributed by atoms with Crippen LogP contribution in [0.15, 0.2) is 18.2 Å². The van der Waals surface area contributed by atoms with Crippen LogP contribution in [0, 0.1) is 5.92 Å². The first-order valence-corrected chi connectivity index (χ1v) is 9.24. The van der Waals surface area contributed by atoms with E-state index in [9.17, 15) is 4.79 Å². The number of ether oxygens (including phenoxy) is 1. The highest BCUT2D eigenvalue weighted by atomic mass is 35.5. The molecule has 0 aromatic heterocycles. The van der Waals surface area contributed by atoms with Crippen LogP contribution in [-0.2, 0) is 16.1 Å². The smallest absolute Gasteiger partial charge is 0.220 e. The van der Waals surface area contributed by atoms with E-state index in [1.807, 2.05) is 18.2 Å². The Balaban J connectivity index is 1.77. The van der Waals surface area contributed by atoms with Crippen LogP contribution in [-0.4, -0.2) is 43.2 Å². The standard InChI is InChI=1S/C18H26Cl2N2O2/c1-13(2)3-6-18(23)21-10-15-12-22(7-8-24-15)11-14-4-5-16(19)17(20)9-14/h4-5,9,13,15H,3,6-8,10-12H2,1-2H3,(H,21,23)/t15-/m0/s1. The van der Waals surface area contributed by atoms with Crippen LogP contribution in [0.1, 0.15) is 32.3 Å². The van der Waals surface area contributed by atoms with E-state index in [4.69, 9.17) is 27.9 Å². The molecule has 0 radical (unpaired) electrons. The van der Waals surface area contributed by atoms with Crippen LogP contribution in [0.4, 0.5) is 0 Å². The summed E-state index contributed by atoms with van der Waals surface area (Å²) >= 11 is 12.0. The number of carbonyl (C=O) groups is 1. The fourth-order valence-corrected chi connectivity index (χ4v) is 3.00. The number of nitrogens with one attached hydrogen (secondary N) is 1. The SMILES string of the molecule is CC(C)CCC(=O)NC[C@H]1CN(Cc2ccc(Cl)c(Cl)c2)CCO1. The van der Waals surface area contributed by atoms with Crippen LogP contribution in [0.3, 0.4) is 0 Å². The van der Waals surface area contributed by atoms with Gasteiger partial charge in [0.05, 0.1) is 22.8 Å². The summed E-state index contributed by atoms with van der Waals surface area (Å²) in [6.45, 7) is 7.96. The van der Waals surface area contributed by atoms with Gasteiger partial charge in [-0.3, -0.25) is 9.69 Å². The fourth-order valence-electron chi connectivity index (χ4n) is 2.68. The van der Waals surface area contributed by atoms with Gasteiger partial charge in [-0.2, -0.15) is 0 Å². The van der Waals surface area contributed by atoms with Crippen molar-refractivity contribution in [2.45, 2.75) is 39.3 Å². The summed E-state index contributed by atoms with van der Waals surface area (Å²) in [5, 5.41) is 4.13. The fraction of sp³-hybridized carbons (Fsp3) is 0.611. The molecule has 1 heterocycles. The summed E-state index contributed by atoms with van der Waals surface area (Å²) in [5.74, 6) is 0.650. The molecule has 134 valence electrons. The first-order valence-electron chi connectivity index (χ1n) is 8.48. The first-order chi connectivity index (χ1) is 11.4. The van der Waals surface area contributed by atoms with Crippen molar-refractivity contribution in [2.24, 2.45) is 5.92 Å². The molecule has 4 nitrogen and oxygen atoms in total. The third-order valence-corrected chi connectivity index (χ3v) is 4.83. The van der Waals surface area contributed by atoms with Gasteiger partial charge in [-0.1, -0.05) is 43.1 Å². The molecular formula is C18H26Cl2N2O2. The van der Waals surface area contributed by atoms with E-state index in [1.165, 1.54) is 0 Å². The topological polar surface area (TPSA) is 41.6 Å². The maximum Gasteiger partial charge on any atom is 0.220 e. The van der Waals surface area contributed by atoms with Gasteiger partial charge in [0, 0.05) is 32.6 Å². The van der Waals surface area contributed by atoms with Crippen LogP contribution in [0.5, 0.6) is 0 Å². The molecule has 1 aromatic carbocycles. The van der Waals surface area contributed by atoms with Gasteiger partial charge in [0.15, 0.2) is 0 Å². The second kappa shape index (κ2) is 9.62. The van der Waals surface area contributed by atoms with E-state index in [0.29, 0.717) is 35.5 Å². The minimum Gasteiger partial charge on any atom is -0.374 e. The molecule has 0 spiro atoms. The predicted molar refractivity (Wildman–Crippen MR) is 98.6 cm³/mol. The number of amides is 1. The van der Waals surface area contributed by atoms with Crippen molar-refractivity contribution in [3.8, 4) is 0 Å². The molecule has 1 aliphatic rings. The highest BCUT2D eigenvalue weighted by Gasteiger charge is 2.21. The van der Waals surface area contributed by atoms with Crippen molar-refractivity contribution in [2.75, 3.05) is 26.2 Å². The quantitative estimate of drug-likeness (QED) is 0.792. The number of halogens is 2. The molecule has 1 aromatic rings. The van der Waals surface area contributed by atoms with Crippen LogP contribution >= 0.6 is 23.2 Å². The second-order valence-electron chi connectivity index (χ2n) is 6.71. The van der Waals surface area contributed by atoms with Crippen molar-refractivity contribution in [3.05, 3.63) is 33.8 Å². The van der Waals surface area contributed by atoms with Crippen molar-refractivity contribution >= 4 is 29.1 Å². The Morgan fingerprint density at radius 1 is 1.38 bits per heavy atom. The Bertz CT molecular complexity index is 552. The zero-order valence-electron chi connectivity index (χ0n) is 14.4. The highest BCUT2D eigenvalue weighted by Crippen LogP contribution is 2.23. The lowest BCUT2D eigenvalue weighted by atomic mass is 10.1. The number of hydrogen-bond acceptors (Lipinski definition) is 3. The molecule has 0 aliphatic carbocycles. The molecular weight excluding hydrogens is 347 g/mol. The maximum absolute atomic E-state index is 11.8. The Labute approximate surface area is 154 Å². The van der Waals surface area contributed by atoms with Crippen molar-refractivity contribution in [1.82, 2.24) is 10.2 Å². The number of rotatable bonds is 7. The van der Waals surface area contributed by atoms with Crippen LogP contribution < -0.4 is 5.32 Å². The van der Waals surface area contributed by atoms with Crippen molar-refractivity contribution < 1.29 is 9.53 Å². The Hall–Kier alpha value is -0.810. The van der Waals surface area contributed by atoms with Crippen molar-refractivity contribution in [3.63, 3.8) is 0 Å². The lowest BCUT2D eigenvalue weighted by molar-refractivity contribution is -0.122. The van der Waals surface area contributed by atoms with Crippen LogP contribution in [0.2, 0.25) is 10.0 Å².